The van der Waals surface area contributed by atoms with Crippen LogP contribution in [-0.2, 0) is 0 Å². The molecule has 0 radical (unpaired) electrons. The number of halogens is 1. The lowest BCUT2D eigenvalue weighted by Crippen LogP contribution is -3.00. The molecule has 0 fully saturated rings. The van der Waals surface area contributed by atoms with Gasteiger partial charge in [0.1, 0.15) is 13.1 Å². The van der Waals surface area contributed by atoms with Crippen LogP contribution in [0.25, 0.3) is 0 Å². The molecule has 1 heterocycles. The van der Waals surface area contributed by atoms with Crippen molar-refractivity contribution in [2.45, 2.75) is 0 Å². The van der Waals surface area contributed by atoms with Crippen LogP contribution in [0.2, 0.25) is 0 Å². The first kappa shape index (κ1) is 6.81. The summed E-state index contributed by atoms with van der Waals surface area (Å²) in [5.74, 6) is 0. The molecule has 0 saturated carbocycles. The van der Waals surface area contributed by atoms with Gasteiger partial charge in [-0.05, 0) is 0 Å². The Morgan fingerprint density at radius 2 is 2.29 bits per heavy atom. The van der Waals surface area contributed by atoms with E-state index in [1.165, 1.54) is 0 Å². The number of hydrogen-bond donors (Lipinski definition) is 1. The van der Waals surface area contributed by atoms with E-state index in [4.69, 9.17) is 0 Å². The van der Waals surface area contributed by atoms with E-state index in [2.05, 4.69) is 10.3 Å². The first-order valence-electron chi connectivity index (χ1n) is 1.80. The van der Waals surface area contributed by atoms with Crippen molar-refractivity contribution in [1.82, 2.24) is 0 Å². The van der Waals surface area contributed by atoms with Crippen LogP contribution in [0.3, 0.4) is 0 Å². The third-order valence-corrected chi connectivity index (χ3v) is 0.608. The standard InChI is InChI=1S/C2H5N3O.ClH/c6-5-2-1-3-4-5;/h5H,1-2H2;1H/p-1. The van der Waals surface area contributed by atoms with Gasteiger partial charge in [-0.3, -0.25) is 0 Å². The molecule has 0 aromatic carbocycles. The highest BCUT2D eigenvalue weighted by Crippen LogP contribution is 1.69. The molecule has 0 spiro atoms. The Hall–Kier alpha value is -0.190. The van der Waals surface area contributed by atoms with Crippen molar-refractivity contribution >= 4 is 0 Å². The Bertz CT molecular complexity index is 75.3. The second-order valence-electron chi connectivity index (χ2n) is 1.11. The van der Waals surface area contributed by atoms with Crippen LogP contribution in [0, 0.1) is 5.21 Å². The van der Waals surface area contributed by atoms with Crippen LogP contribution < -0.4 is 17.6 Å². The van der Waals surface area contributed by atoms with Crippen molar-refractivity contribution in [1.29, 1.82) is 0 Å². The summed E-state index contributed by atoms with van der Waals surface area (Å²) in [5.41, 5.74) is 0. The van der Waals surface area contributed by atoms with Gasteiger partial charge in [0.15, 0.2) is 0 Å². The number of hydrogen-bond acceptors (Lipinski definition) is 3. The summed E-state index contributed by atoms with van der Waals surface area (Å²) < 4.78 is 0. The molecular formula is C2H5ClN3O-. The maximum Gasteiger partial charge on any atom is 0.124 e. The first-order chi connectivity index (χ1) is 2.89. The summed E-state index contributed by atoms with van der Waals surface area (Å²) in [6.07, 6.45) is 0. The quantitative estimate of drug-likeness (QED) is 0.325. The van der Waals surface area contributed by atoms with E-state index in [0.29, 0.717) is 13.1 Å². The minimum atomic E-state index is -0.0880. The van der Waals surface area contributed by atoms with E-state index < -0.39 is 0 Å². The summed E-state index contributed by atoms with van der Waals surface area (Å²) in [6, 6.07) is 0. The van der Waals surface area contributed by atoms with Crippen molar-refractivity contribution in [3.63, 3.8) is 0 Å². The average molecular weight is 123 g/mol. The van der Waals surface area contributed by atoms with Gasteiger partial charge in [0.05, 0.1) is 0 Å². The molecule has 42 valence electrons. The minimum absolute atomic E-state index is 0. The maximum absolute atomic E-state index is 9.98. The van der Waals surface area contributed by atoms with E-state index in [1.54, 1.807) is 0 Å². The lowest BCUT2D eigenvalue weighted by molar-refractivity contribution is -0.849. The predicted octanol–water partition coefficient (Wildman–Crippen LogP) is -4.25. The number of quaternary nitrogens is 1. The summed E-state index contributed by atoms with van der Waals surface area (Å²) in [5, 5.41) is 16.6. The molecule has 7 heavy (non-hydrogen) atoms. The summed E-state index contributed by atoms with van der Waals surface area (Å²) >= 11 is 0. The SMILES string of the molecule is [Cl-].[O-][NH+]1CCN=N1. The van der Waals surface area contributed by atoms with Gasteiger partial charge in [0.25, 0.3) is 0 Å². The Morgan fingerprint density at radius 3 is 2.43 bits per heavy atom. The molecule has 1 rings (SSSR count). The van der Waals surface area contributed by atoms with Crippen LogP contribution in [0.15, 0.2) is 10.3 Å². The molecule has 5 heteroatoms. The Kier molecular flexibility index (Phi) is 2.82. The molecule has 0 amide bonds. The van der Waals surface area contributed by atoms with Crippen LogP contribution in [0.1, 0.15) is 0 Å². The largest absolute Gasteiger partial charge is 1.00 e. The average Bonchev–Trinajstić information content (AvgIpc) is 1.86. The monoisotopic (exact) mass is 122 g/mol. The van der Waals surface area contributed by atoms with E-state index in [-0.39, 0.29) is 17.6 Å². The second-order valence-corrected chi connectivity index (χ2v) is 1.11. The van der Waals surface area contributed by atoms with Crippen molar-refractivity contribution < 1.29 is 17.6 Å². The summed E-state index contributed by atoms with van der Waals surface area (Å²) in [4.78, 5) is 0. The van der Waals surface area contributed by atoms with Crippen molar-refractivity contribution in [3.8, 4) is 0 Å². The van der Waals surface area contributed by atoms with Crippen molar-refractivity contribution in [2.24, 2.45) is 10.3 Å². The topological polar surface area (TPSA) is 52.2 Å². The molecule has 4 nitrogen and oxygen atoms in total. The smallest absolute Gasteiger partial charge is 0.124 e. The molecule has 0 saturated heterocycles. The predicted molar refractivity (Wildman–Crippen MR) is 18.9 cm³/mol. The zero-order valence-electron chi connectivity index (χ0n) is 3.59. The zero-order chi connectivity index (χ0) is 4.41. The normalized spacial score (nSPS) is 27.3. The van der Waals surface area contributed by atoms with Gasteiger partial charge >= 0.3 is 0 Å². The molecule has 0 bridgehead atoms. The van der Waals surface area contributed by atoms with Crippen molar-refractivity contribution in [2.75, 3.05) is 13.1 Å². The third kappa shape index (κ3) is 1.82. The minimum Gasteiger partial charge on any atom is -1.00 e. The van der Waals surface area contributed by atoms with Crippen LogP contribution >= 0.6 is 0 Å². The highest BCUT2D eigenvalue weighted by Gasteiger charge is 1.98. The molecular weight excluding hydrogens is 117 g/mol. The number of hydroxylamine groups is 1. The van der Waals surface area contributed by atoms with Crippen molar-refractivity contribution in [3.05, 3.63) is 5.21 Å². The fourth-order valence-electron chi connectivity index (χ4n) is 0.325. The van der Waals surface area contributed by atoms with E-state index >= 15 is 0 Å². The molecule has 1 N–H and O–H groups in total. The van der Waals surface area contributed by atoms with Crippen LogP contribution in [0.5, 0.6) is 0 Å². The van der Waals surface area contributed by atoms with Crippen LogP contribution in [-0.4, -0.2) is 13.1 Å². The fraction of sp³-hybridized carbons (Fsp3) is 1.00. The molecule has 0 aromatic rings. The summed E-state index contributed by atoms with van der Waals surface area (Å²) in [7, 11) is 0. The van der Waals surface area contributed by atoms with Gasteiger partial charge < -0.3 is 17.6 Å². The highest BCUT2D eigenvalue weighted by atomic mass is 35.5. The summed E-state index contributed by atoms with van der Waals surface area (Å²) in [6.45, 7) is 1.11. The third-order valence-electron chi connectivity index (χ3n) is 0.608. The second kappa shape index (κ2) is 2.90. The molecule has 0 aromatic heterocycles. The fourth-order valence-corrected chi connectivity index (χ4v) is 0.325. The van der Waals surface area contributed by atoms with Gasteiger partial charge in [-0.15, -0.1) is 5.11 Å². The zero-order valence-corrected chi connectivity index (χ0v) is 4.35. The van der Waals surface area contributed by atoms with E-state index in [0.717, 1.165) is 0 Å². The molecule has 1 unspecified atom stereocenters. The number of nitrogens with zero attached hydrogens (tertiary/aromatic N) is 2. The molecule has 1 aliphatic rings. The maximum atomic E-state index is 9.98. The first-order valence-corrected chi connectivity index (χ1v) is 1.80. The number of rotatable bonds is 0. The lowest BCUT2D eigenvalue weighted by atomic mass is 10.7. The van der Waals surface area contributed by atoms with Gasteiger partial charge in [0, 0.05) is 5.22 Å². The lowest BCUT2D eigenvalue weighted by Gasteiger charge is -2.02. The Labute approximate surface area is 47.2 Å². The van der Waals surface area contributed by atoms with Gasteiger partial charge in [-0.2, -0.15) is 0 Å². The Morgan fingerprint density at radius 1 is 1.57 bits per heavy atom. The highest BCUT2D eigenvalue weighted by molar-refractivity contribution is 4.34. The molecule has 1 atom stereocenters. The van der Waals surface area contributed by atoms with Gasteiger partial charge in [-0.1, -0.05) is 0 Å². The number of nitrogens with one attached hydrogen (secondary N) is 1. The van der Waals surface area contributed by atoms with E-state index in [9.17, 15) is 5.21 Å². The van der Waals surface area contributed by atoms with Gasteiger partial charge in [0.2, 0.25) is 0 Å². The van der Waals surface area contributed by atoms with E-state index in [1.807, 2.05) is 0 Å². The molecule has 0 aliphatic carbocycles. The van der Waals surface area contributed by atoms with Crippen LogP contribution in [0.4, 0.5) is 0 Å². The van der Waals surface area contributed by atoms with Gasteiger partial charge in [-0.25, -0.2) is 5.17 Å². The molecule has 1 aliphatic heterocycles. The Balaban J connectivity index is 0.000000360.